The van der Waals surface area contributed by atoms with E-state index in [1.807, 2.05) is 0 Å². The van der Waals surface area contributed by atoms with E-state index in [-0.39, 0.29) is 10.5 Å². The Labute approximate surface area is 94.5 Å². The molecule has 2 N–H and O–H groups in total. The summed E-state index contributed by atoms with van der Waals surface area (Å²) in [5, 5.41) is 0. The monoisotopic (exact) mass is 224 g/mol. The Balaban J connectivity index is 2.66. The van der Waals surface area contributed by atoms with Crippen LogP contribution in [0.5, 0.6) is 0 Å². The number of Topliss-reactive ketones (excluding diaryl/α,β-unsaturated/α-hetero) is 1. The molecule has 1 aromatic rings. The molecule has 0 atom stereocenters. The van der Waals surface area contributed by atoms with Crippen molar-refractivity contribution in [2.45, 2.75) is 25.5 Å². The SMILES string of the molecule is CC(C)(C)SCC(=O)c1cccnc1N. The van der Waals surface area contributed by atoms with Crippen LogP contribution >= 0.6 is 11.8 Å². The van der Waals surface area contributed by atoms with Gasteiger partial charge in [-0.25, -0.2) is 4.98 Å². The summed E-state index contributed by atoms with van der Waals surface area (Å²) in [5.74, 6) is 0.803. The van der Waals surface area contributed by atoms with Crippen LogP contribution in [0, 0.1) is 0 Å². The molecule has 0 bridgehead atoms. The van der Waals surface area contributed by atoms with Crippen molar-refractivity contribution in [3.63, 3.8) is 0 Å². The molecule has 0 unspecified atom stereocenters. The lowest BCUT2D eigenvalue weighted by molar-refractivity contribution is 0.102. The Morgan fingerprint density at radius 1 is 1.53 bits per heavy atom. The van der Waals surface area contributed by atoms with E-state index >= 15 is 0 Å². The quantitative estimate of drug-likeness (QED) is 0.801. The molecule has 0 saturated heterocycles. The highest BCUT2D eigenvalue weighted by atomic mass is 32.2. The van der Waals surface area contributed by atoms with Gasteiger partial charge in [-0.1, -0.05) is 20.8 Å². The second-order valence-corrected chi connectivity index (χ2v) is 6.06. The molecule has 1 aromatic heterocycles. The molecule has 0 aliphatic carbocycles. The average molecular weight is 224 g/mol. The molecular formula is C11H16N2OS. The van der Waals surface area contributed by atoms with Gasteiger partial charge in [-0.15, -0.1) is 11.8 Å². The predicted octanol–water partition coefficient (Wildman–Crippen LogP) is 2.38. The Hall–Kier alpha value is -1.03. The molecule has 0 aromatic carbocycles. The number of ketones is 1. The van der Waals surface area contributed by atoms with E-state index in [0.29, 0.717) is 17.1 Å². The summed E-state index contributed by atoms with van der Waals surface area (Å²) in [6.45, 7) is 6.24. The van der Waals surface area contributed by atoms with Crippen molar-refractivity contribution >= 4 is 23.4 Å². The van der Waals surface area contributed by atoms with Gasteiger partial charge in [0.1, 0.15) is 5.82 Å². The van der Waals surface area contributed by atoms with Crippen LogP contribution in [0.2, 0.25) is 0 Å². The number of hydrogen-bond donors (Lipinski definition) is 1. The Morgan fingerprint density at radius 3 is 2.73 bits per heavy atom. The topological polar surface area (TPSA) is 56.0 Å². The maximum atomic E-state index is 11.8. The molecule has 3 nitrogen and oxygen atoms in total. The summed E-state index contributed by atoms with van der Waals surface area (Å²) in [6, 6.07) is 3.44. The Bertz CT molecular complexity index is 358. The van der Waals surface area contributed by atoms with Crippen LogP contribution in [0.3, 0.4) is 0 Å². The van der Waals surface area contributed by atoms with Crippen LogP contribution in [-0.4, -0.2) is 21.3 Å². The molecule has 1 heterocycles. The summed E-state index contributed by atoms with van der Waals surface area (Å²) >= 11 is 1.61. The Morgan fingerprint density at radius 2 is 2.20 bits per heavy atom. The number of aromatic nitrogens is 1. The largest absolute Gasteiger partial charge is 0.383 e. The third-order valence-corrected chi connectivity index (χ3v) is 3.05. The lowest BCUT2D eigenvalue weighted by Crippen LogP contribution is -2.14. The van der Waals surface area contributed by atoms with Crippen molar-refractivity contribution in [1.82, 2.24) is 4.98 Å². The van der Waals surface area contributed by atoms with Gasteiger partial charge in [0.05, 0.1) is 11.3 Å². The maximum Gasteiger partial charge on any atom is 0.176 e. The third kappa shape index (κ3) is 3.91. The highest BCUT2D eigenvalue weighted by molar-refractivity contribution is 8.01. The molecule has 0 amide bonds. The molecule has 0 fully saturated rings. The van der Waals surface area contributed by atoms with Crippen molar-refractivity contribution in [2.24, 2.45) is 0 Å². The van der Waals surface area contributed by atoms with Crippen molar-refractivity contribution in [2.75, 3.05) is 11.5 Å². The van der Waals surface area contributed by atoms with Gasteiger partial charge < -0.3 is 5.73 Å². The van der Waals surface area contributed by atoms with E-state index in [1.54, 1.807) is 30.1 Å². The minimum Gasteiger partial charge on any atom is -0.383 e. The fourth-order valence-corrected chi connectivity index (χ4v) is 1.73. The molecule has 82 valence electrons. The second kappa shape index (κ2) is 4.66. The fraction of sp³-hybridized carbons (Fsp3) is 0.455. The average Bonchev–Trinajstić information content (AvgIpc) is 2.14. The van der Waals surface area contributed by atoms with Crippen LogP contribution in [0.15, 0.2) is 18.3 Å². The molecule has 0 aliphatic heterocycles. The fourth-order valence-electron chi connectivity index (χ4n) is 1.01. The Kier molecular flexibility index (Phi) is 3.74. The molecule has 1 rings (SSSR count). The van der Waals surface area contributed by atoms with Gasteiger partial charge in [0.25, 0.3) is 0 Å². The van der Waals surface area contributed by atoms with Crippen molar-refractivity contribution in [3.8, 4) is 0 Å². The highest BCUT2D eigenvalue weighted by Crippen LogP contribution is 2.24. The van der Waals surface area contributed by atoms with E-state index in [4.69, 9.17) is 5.73 Å². The number of nitrogen functional groups attached to an aromatic ring is 1. The minimum absolute atomic E-state index is 0.0422. The zero-order valence-corrected chi connectivity index (χ0v) is 10.1. The van der Waals surface area contributed by atoms with E-state index < -0.39 is 0 Å². The van der Waals surface area contributed by atoms with Gasteiger partial charge in [0.2, 0.25) is 0 Å². The molecule has 0 saturated carbocycles. The molecular weight excluding hydrogens is 208 g/mol. The number of nitrogens with two attached hydrogens (primary N) is 1. The summed E-state index contributed by atoms with van der Waals surface area (Å²) in [7, 11) is 0. The van der Waals surface area contributed by atoms with E-state index in [0.717, 1.165) is 0 Å². The number of nitrogens with zero attached hydrogens (tertiary/aromatic N) is 1. The number of anilines is 1. The predicted molar refractivity (Wildman–Crippen MR) is 65.2 cm³/mol. The van der Waals surface area contributed by atoms with Gasteiger partial charge in [-0.2, -0.15) is 0 Å². The summed E-state index contributed by atoms with van der Waals surface area (Å²) in [5.41, 5.74) is 6.14. The summed E-state index contributed by atoms with van der Waals surface area (Å²) in [6.07, 6.45) is 1.59. The third-order valence-electron chi connectivity index (χ3n) is 1.78. The first-order valence-corrected chi connectivity index (χ1v) is 5.76. The first-order chi connectivity index (χ1) is 6.90. The lowest BCUT2D eigenvalue weighted by Gasteiger charge is -2.16. The lowest BCUT2D eigenvalue weighted by atomic mass is 10.2. The number of pyridine rings is 1. The van der Waals surface area contributed by atoms with Crippen LogP contribution in [0.4, 0.5) is 5.82 Å². The molecule has 0 radical (unpaired) electrons. The van der Waals surface area contributed by atoms with E-state index in [9.17, 15) is 4.79 Å². The highest BCUT2D eigenvalue weighted by Gasteiger charge is 2.16. The zero-order chi connectivity index (χ0) is 11.5. The van der Waals surface area contributed by atoms with Crippen molar-refractivity contribution < 1.29 is 4.79 Å². The van der Waals surface area contributed by atoms with Gasteiger partial charge in [0.15, 0.2) is 5.78 Å². The van der Waals surface area contributed by atoms with Crippen LogP contribution in [0.25, 0.3) is 0 Å². The molecule has 0 spiro atoms. The van der Waals surface area contributed by atoms with Gasteiger partial charge >= 0.3 is 0 Å². The van der Waals surface area contributed by atoms with Gasteiger partial charge in [-0.3, -0.25) is 4.79 Å². The molecule has 4 heteroatoms. The number of thioether (sulfide) groups is 1. The van der Waals surface area contributed by atoms with Crippen molar-refractivity contribution in [3.05, 3.63) is 23.9 Å². The first kappa shape index (κ1) is 12.0. The normalized spacial score (nSPS) is 11.4. The van der Waals surface area contributed by atoms with E-state index in [1.165, 1.54) is 0 Å². The summed E-state index contributed by atoms with van der Waals surface area (Å²) < 4.78 is 0.0899. The number of carbonyl (C=O) groups excluding carboxylic acids is 1. The zero-order valence-electron chi connectivity index (χ0n) is 9.28. The smallest absolute Gasteiger partial charge is 0.176 e. The number of rotatable bonds is 3. The first-order valence-electron chi connectivity index (χ1n) is 4.78. The van der Waals surface area contributed by atoms with Crippen LogP contribution < -0.4 is 5.73 Å². The van der Waals surface area contributed by atoms with Crippen molar-refractivity contribution in [1.29, 1.82) is 0 Å². The van der Waals surface area contributed by atoms with Crippen LogP contribution in [0.1, 0.15) is 31.1 Å². The van der Waals surface area contributed by atoms with Crippen LogP contribution in [-0.2, 0) is 0 Å². The summed E-state index contributed by atoms with van der Waals surface area (Å²) in [4.78, 5) is 15.7. The molecule has 15 heavy (non-hydrogen) atoms. The standard InChI is InChI=1S/C11H16N2OS/c1-11(2,3)15-7-9(14)8-5-4-6-13-10(8)12/h4-6H,7H2,1-3H3,(H2,12,13). The van der Waals surface area contributed by atoms with E-state index in [2.05, 4.69) is 25.8 Å². The minimum atomic E-state index is 0.0422. The number of hydrogen-bond acceptors (Lipinski definition) is 4. The maximum absolute atomic E-state index is 11.8. The molecule has 0 aliphatic rings. The number of carbonyl (C=O) groups is 1. The van der Waals surface area contributed by atoms with Gasteiger partial charge in [-0.05, 0) is 12.1 Å². The second-order valence-electron chi connectivity index (χ2n) is 4.26. The van der Waals surface area contributed by atoms with Gasteiger partial charge in [0, 0.05) is 10.9 Å².